The van der Waals surface area contributed by atoms with E-state index in [1.807, 2.05) is 42.5 Å². The Labute approximate surface area is 157 Å². The van der Waals surface area contributed by atoms with Crippen LogP contribution in [0.15, 0.2) is 51.4 Å². The van der Waals surface area contributed by atoms with Crippen LogP contribution in [0.5, 0.6) is 0 Å². The first kappa shape index (κ1) is 17.2. The van der Waals surface area contributed by atoms with Crippen LogP contribution in [0.2, 0.25) is 0 Å². The van der Waals surface area contributed by atoms with Crippen molar-refractivity contribution in [3.63, 3.8) is 0 Å². The van der Waals surface area contributed by atoms with E-state index in [1.165, 1.54) is 0 Å². The molecule has 124 valence electrons. The Morgan fingerprint density at radius 2 is 1.92 bits per heavy atom. The van der Waals surface area contributed by atoms with Gasteiger partial charge in [0.2, 0.25) is 5.91 Å². The number of benzene rings is 2. The van der Waals surface area contributed by atoms with Crippen LogP contribution < -0.4 is 4.90 Å². The number of carbonyl (C=O) groups excluding carboxylic acids is 2. The number of anilines is 1. The first-order valence-electron chi connectivity index (χ1n) is 7.53. The minimum atomic E-state index is -0.925. The fourth-order valence-electron chi connectivity index (χ4n) is 2.85. The van der Waals surface area contributed by atoms with Crippen molar-refractivity contribution in [2.24, 2.45) is 0 Å². The van der Waals surface area contributed by atoms with Gasteiger partial charge in [0.1, 0.15) is 0 Å². The average molecular weight is 453 g/mol. The Kier molecular flexibility index (Phi) is 5.06. The van der Waals surface area contributed by atoms with Crippen molar-refractivity contribution >= 4 is 49.4 Å². The molecule has 1 atom stereocenters. The molecule has 2 aromatic carbocycles. The summed E-state index contributed by atoms with van der Waals surface area (Å²) in [5, 5.41) is 0. The number of ether oxygens (including phenoxy) is 1. The largest absolute Gasteiger partial charge is 0.465 e. The number of esters is 1. The quantitative estimate of drug-likeness (QED) is 0.510. The van der Waals surface area contributed by atoms with Gasteiger partial charge in [-0.1, -0.05) is 62.2 Å². The van der Waals surface area contributed by atoms with E-state index in [-0.39, 0.29) is 12.5 Å². The molecular formula is C18H15Br2NO3. The van der Waals surface area contributed by atoms with Crippen molar-refractivity contribution in [1.29, 1.82) is 0 Å². The van der Waals surface area contributed by atoms with E-state index in [1.54, 1.807) is 11.8 Å². The van der Waals surface area contributed by atoms with E-state index in [2.05, 4.69) is 31.9 Å². The van der Waals surface area contributed by atoms with Gasteiger partial charge in [0, 0.05) is 14.5 Å². The first-order chi connectivity index (χ1) is 11.5. The minimum absolute atomic E-state index is 0.241. The Morgan fingerprint density at radius 3 is 2.58 bits per heavy atom. The Balaban J connectivity index is 2.06. The molecule has 24 heavy (non-hydrogen) atoms. The summed E-state index contributed by atoms with van der Waals surface area (Å²) in [6, 6.07) is 13.4. The first-order valence-corrected chi connectivity index (χ1v) is 9.12. The van der Waals surface area contributed by atoms with Crippen molar-refractivity contribution < 1.29 is 14.3 Å². The lowest BCUT2D eigenvalue weighted by atomic mass is 10.0. The van der Waals surface area contributed by atoms with Crippen LogP contribution in [0.4, 0.5) is 5.69 Å². The standard InChI is InChI=1S/C18H15Br2NO3/c1-2-24-18(23)16-15-13(20)8-12(19)9-14(15)21(17(16)22)10-11-6-4-3-5-7-11/h3-9,16H,2,10H2,1H3. The molecule has 0 fully saturated rings. The van der Waals surface area contributed by atoms with Crippen LogP contribution in [0, 0.1) is 0 Å². The molecule has 0 bridgehead atoms. The minimum Gasteiger partial charge on any atom is -0.465 e. The predicted molar refractivity (Wildman–Crippen MR) is 98.8 cm³/mol. The van der Waals surface area contributed by atoms with Crippen LogP contribution in [-0.2, 0) is 20.9 Å². The van der Waals surface area contributed by atoms with Crippen LogP contribution in [0.1, 0.15) is 24.0 Å². The van der Waals surface area contributed by atoms with Gasteiger partial charge in [0.25, 0.3) is 0 Å². The Bertz CT molecular complexity index is 792. The zero-order chi connectivity index (χ0) is 17.3. The summed E-state index contributed by atoms with van der Waals surface area (Å²) >= 11 is 6.93. The number of hydrogen-bond donors (Lipinski definition) is 0. The number of amides is 1. The molecule has 1 amide bonds. The third-order valence-corrected chi connectivity index (χ3v) is 4.98. The molecule has 1 aliphatic heterocycles. The Hall–Kier alpha value is -1.66. The maximum atomic E-state index is 12.9. The van der Waals surface area contributed by atoms with Gasteiger partial charge in [-0.3, -0.25) is 9.59 Å². The van der Waals surface area contributed by atoms with E-state index in [4.69, 9.17) is 4.74 Å². The highest BCUT2D eigenvalue weighted by Gasteiger charge is 2.44. The number of nitrogens with zero attached hydrogens (tertiary/aromatic N) is 1. The zero-order valence-electron chi connectivity index (χ0n) is 13.0. The van der Waals surface area contributed by atoms with Crippen LogP contribution >= 0.6 is 31.9 Å². The summed E-state index contributed by atoms with van der Waals surface area (Å²) in [4.78, 5) is 26.9. The lowest BCUT2D eigenvalue weighted by Gasteiger charge is -2.18. The maximum absolute atomic E-state index is 12.9. The lowest BCUT2D eigenvalue weighted by Crippen LogP contribution is -2.32. The summed E-state index contributed by atoms with van der Waals surface area (Å²) in [6.07, 6.45) is 0. The molecule has 1 aliphatic rings. The second kappa shape index (κ2) is 7.07. The van der Waals surface area contributed by atoms with Crippen molar-refractivity contribution in [2.45, 2.75) is 19.4 Å². The van der Waals surface area contributed by atoms with Gasteiger partial charge < -0.3 is 9.64 Å². The van der Waals surface area contributed by atoms with Crippen molar-refractivity contribution in [2.75, 3.05) is 11.5 Å². The second-order valence-corrected chi connectivity index (χ2v) is 7.19. The van der Waals surface area contributed by atoms with E-state index in [0.717, 1.165) is 15.7 Å². The smallest absolute Gasteiger partial charge is 0.323 e. The van der Waals surface area contributed by atoms with E-state index >= 15 is 0 Å². The fourth-order valence-corrected chi connectivity index (χ4v) is 4.28. The van der Waals surface area contributed by atoms with Crippen molar-refractivity contribution in [1.82, 2.24) is 0 Å². The SMILES string of the molecule is CCOC(=O)C1C(=O)N(Cc2ccccc2)c2cc(Br)cc(Br)c21. The van der Waals surface area contributed by atoms with Crippen molar-refractivity contribution in [3.05, 3.63) is 62.5 Å². The summed E-state index contributed by atoms with van der Waals surface area (Å²) < 4.78 is 6.67. The van der Waals surface area contributed by atoms with Crippen LogP contribution in [0.3, 0.4) is 0 Å². The van der Waals surface area contributed by atoms with Crippen molar-refractivity contribution in [3.8, 4) is 0 Å². The molecule has 0 N–H and O–H groups in total. The molecule has 6 heteroatoms. The summed E-state index contributed by atoms with van der Waals surface area (Å²) in [6.45, 7) is 2.38. The van der Waals surface area contributed by atoms with E-state index in [0.29, 0.717) is 16.6 Å². The van der Waals surface area contributed by atoms with Gasteiger partial charge in [-0.2, -0.15) is 0 Å². The van der Waals surface area contributed by atoms with Gasteiger partial charge in [0.15, 0.2) is 5.92 Å². The maximum Gasteiger partial charge on any atom is 0.323 e. The summed E-state index contributed by atoms with van der Waals surface area (Å²) in [5.74, 6) is -1.69. The number of halogens is 2. The van der Waals surface area contributed by atoms with E-state index in [9.17, 15) is 9.59 Å². The molecule has 0 saturated carbocycles. The number of carbonyl (C=O) groups is 2. The van der Waals surface area contributed by atoms with Crippen LogP contribution in [-0.4, -0.2) is 18.5 Å². The number of hydrogen-bond acceptors (Lipinski definition) is 3. The molecule has 3 rings (SSSR count). The topological polar surface area (TPSA) is 46.6 Å². The van der Waals surface area contributed by atoms with Gasteiger partial charge in [-0.05, 0) is 24.6 Å². The molecule has 1 heterocycles. The molecule has 0 saturated heterocycles. The highest BCUT2D eigenvalue weighted by atomic mass is 79.9. The highest BCUT2D eigenvalue weighted by Crippen LogP contribution is 2.44. The third-order valence-electron chi connectivity index (χ3n) is 3.87. The summed E-state index contributed by atoms with van der Waals surface area (Å²) in [7, 11) is 0. The molecule has 4 nitrogen and oxygen atoms in total. The lowest BCUT2D eigenvalue weighted by molar-refractivity contribution is -0.147. The molecule has 0 aromatic heterocycles. The molecule has 0 radical (unpaired) electrons. The number of fused-ring (bicyclic) bond motifs is 1. The molecule has 0 aliphatic carbocycles. The van der Waals surface area contributed by atoms with Gasteiger partial charge in [-0.25, -0.2) is 0 Å². The Morgan fingerprint density at radius 1 is 1.21 bits per heavy atom. The third kappa shape index (κ3) is 3.13. The average Bonchev–Trinajstić information content (AvgIpc) is 2.82. The normalized spacial score (nSPS) is 16.2. The van der Waals surface area contributed by atoms with Gasteiger partial charge in [0.05, 0.1) is 18.8 Å². The molecule has 0 spiro atoms. The monoisotopic (exact) mass is 451 g/mol. The summed E-state index contributed by atoms with van der Waals surface area (Å²) in [5.41, 5.74) is 2.39. The molecule has 2 aromatic rings. The van der Waals surface area contributed by atoms with E-state index < -0.39 is 11.9 Å². The second-order valence-electron chi connectivity index (χ2n) is 5.42. The van der Waals surface area contributed by atoms with Gasteiger partial charge in [-0.15, -0.1) is 0 Å². The van der Waals surface area contributed by atoms with Gasteiger partial charge >= 0.3 is 5.97 Å². The molecule has 1 unspecified atom stereocenters. The van der Waals surface area contributed by atoms with Crippen LogP contribution in [0.25, 0.3) is 0 Å². The predicted octanol–water partition coefficient (Wildman–Crippen LogP) is 4.41. The molecular weight excluding hydrogens is 438 g/mol. The highest BCUT2D eigenvalue weighted by molar-refractivity contribution is 9.11. The fraction of sp³-hybridized carbons (Fsp3) is 0.222. The zero-order valence-corrected chi connectivity index (χ0v) is 16.1. The number of rotatable bonds is 4.